The standard InChI is InChI=1S/C30H36N2O5/c1-5-34-28(33)19-35-27-16-15-25(17-21(27)3)29(23-9-7-6-8-10-23)32-36-18-26-22(4)37-30(31-26)24-13-11-20(2)12-14-24/h11-17,23H,5-10,18-19H2,1-4H3/b32-29+. The van der Waals surface area contributed by atoms with Crippen molar-refractivity contribution in [1.82, 2.24) is 4.98 Å². The van der Waals surface area contributed by atoms with Crippen molar-refractivity contribution in [3.63, 3.8) is 0 Å². The molecule has 7 heteroatoms. The molecule has 2 aromatic carbocycles. The number of hydrogen-bond acceptors (Lipinski definition) is 7. The molecule has 1 aromatic heterocycles. The number of hydrogen-bond donors (Lipinski definition) is 0. The monoisotopic (exact) mass is 504 g/mol. The second-order valence-electron chi connectivity index (χ2n) is 9.55. The maximum Gasteiger partial charge on any atom is 0.344 e. The highest BCUT2D eigenvalue weighted by molar-refractivity contribution is 6.02. The fourth-order valence-electron chi connectivity index (χ4n) is 4.59. The van der Waals surface area contributed by atoms with Gasteiger partial charge in [0.2, 0.25) is 5.89 Å². The quantitative estimate of drug-likeness (QED) is 0.173. The van der Waals surface area contributed by atoms with E-state index in [4.69, 9.17) is 18.7 Å². The van der Waals surface area contributed by atoms with Crippen LogP contribution in [0, 0.1) is 26.7 Å². The summed E-state index contributed by atoms with van der Waals surface area (Å²) in [4.78, 5) is 22.2. The highest BCUT2D eigenvalue weighted by atomic mass is 16.6. The van der Waals surface area contributed by atoms with Crippen molar-refractivity contribution in [2.45, 2.75) is 66.4 Å². The average molecular weight is 505 g/mol. The lowest BCUT2D eigenvalue weighted by molar-refractivity contribution is -0.145. The van der Waals surface area contributed by atoms with Crippen molar-refractivity contribution >= 4 is 11.7 Å². The van der Waals surface area contributed by atoms with E-state index >= 15 is 0 Å². The van der Waals surface area contributed by atoms with E-state index in [0.717, 1.165) is 46.7 Å². The molecule has 3 aromatic rings. The maximum absolute atomic E-state index is 11.7. The molecule has 4 rings (SSSR count). The van der Waals surface area contributed by atoms with Gasteiger partial charge in [0.1, 0.15) is 17.2 Å². The lowest BCUT2D eigenvalue weighted by atomic mass is 9.83. The molecule has 1 fully saturated rings. The van der Waals surface area contributed by atoms with Gasteiger partial charge in [-0.05, 0) is 76.4 Å². The minimum Gasteiger partial charge on any atom is -0.482 e. The van der Waals surface area contributed by atoms with Gasteiger partial charge in [0.05, 0.1) is 12.3 Å². The SMILES string of the molecule is CCOC(=O)COc1ccc(/C(=N/OCc2nc(-c3ccc(C)cc3)oc2C)C2CCCCC2)cc1C. The molecule has 1 saturated carbocycles. The van der Waals surface area contributed by atoms with Crippen molar-refractivity contribution in [3.8, 4) is 17.2 Å². The molecule has 1 aliphatic carbocycles. The van der Waals surface area contributed by atoms with Crippen LogP contribution in [0.1, 0.15) is 67.2 Å². The second kappa shape index (κ2) is 12.6. The van der Waals surface area contributed by atoms with E-state index in [-0.39, 0.29) is 19.2 Å². The van der Waals surface area contributed by atoms with E-state index in [1.165, 1.54) is 24.8 Å². The Kier molecular flexibility index (Phi) is 8.99. The Morgan fingerprint density at radius 1 is 1.05 bits per heavy atom. The van der Waals surface area contributed by atoms with Gasteiger partial charge >= 0.3 is 5.97 Å². The van der Waals surface area contributed by atoms with Crippen LogP contribution in [0.3, 0.4) is 0 Å². The third-order valence-electron chi connectivity index (χ3n) is 6.67. The Labute approximate surface area is 218 Å². The molecule has 1 heterocycles. The molecule has 0 radical (unpaired) electrons. The number of esters is 1. The van der Waals surface area contributed by atoms with Crippen LogP contribution >= 0.6 is 0 Å². The van der Waals surface area contributed by atoms with Crippen molar-refractivity contribution in [2.24, 2.45) is 11.1 Å². The Hall–Kier alpha value is -3.61. The van der Waals surface area contributed by atoms with Gasteiger partial charge in [0.15, 0.2) is 13.2 Å². The van der Waals surface area contributed by atoms with Gasteiger partial charge in [0.25, 0.3) is 0 Å². The molecule has 0 amide bonds. The molecular formula is C30H36N2O5. The summed E-state index contributed by atoms with van der Waals surface area (Å²) in [7, 11) is 0. The van der Waals surface area contributed by atoms with Crippen molar-refractivity contribution in [1.29, 1.82) is 0 Å². The first-order valence-corrected chi connectivity index (χ1v) is 13.1. The lowest BCUT2D eigenvalue weighted by Crippen LogP contribution is -2.20. The van der Waals surface area contributed by atoms with Gasteiger partial charge in [-0.1, -0.05) is 42.1 Å². The van der Waals surface area contributed by atoms with E-state index in [1.807, 2.05) is 56.3 Å². The molecule has 1 aliphatic rings. The van der Waals surface area contributed by atoms with Crippen LogP contribution in [0.5, 0.6) is 5.75 Å². The van der Waals surface area contributed by atoms with Crippen LogP contribution in [0.15, 0.2) is 52.0 Å². The topological polar surface area (TPSA) is 83.2 Å². The number of aromatic nitrogens is 1. The smallest absolute Gasteiger partial charge is 0.344 e. The van der Waals surface area contributed by atoms with Gasteiger partial charge in [0, 0.05) is 17.0 Å². The summed E-state index contributed by atoms with van der Waals surface area (Å²) in [6, 6.07) is 14.0. The molecule has 0 spiro atoms. The number of oxime groups is 1. The van der Waals surface area contributed by atoms with Crippen molar-refractivity contribution in [2.75, 3.05) is 13.2 Å². The minimum absolute atomic E-state index is 0.109. The summed E-state index contributed by atoms with van der Waals surface area (Å²) >= 11 is 0. The van der Waals surface area contributed by atoms with Crippen LogP contribution in [0.2, 0.25) is 0 Å². The van der Waals surface area contributed by atoms with Crippen LogP contribution in [0.4, 0.5) is 0 Å². The first kappa shape index (κ1) is 26.5. The number of rotatable bonds is 10. The zero-order valence-electron chi connectivity index (χ0n) is 22.2. The molecule has 0 aliphatic heterocycles. The molecular weight excluding hydrogens is 468 g/mol. The van der Waals surface area contributed by atoms with Gasteiger partial charge in [-0.2, -0.15) is 0 Å². The predicted octanol–water partition coefficient (Wildman–Crippen LogP) is 6.71. The summed E-state index contributed by atoms with van der Waals surface area (Å²) in [6.45, 7) is 8.15. The Bertz CT molecular complexity index is 1220. The maximum atomic E-state index is 11.7. The van der Waals surface area contributed by atoms with Crippen molar-refractivity contribution < 1.29 is 23.5 Å². The molecule has 196 valence electrons. The van der Waals surface area contributed by atoms with Gasteiger partial charge < -0.3 is 18.7 Å². The van der Waals surface area contributed by atoms with E-state index in [2.05, 4.69) is 17.1 Å². The zero-order chi connectivity index (χ0) is 26.2. The van der Waals surface area contributed by atoms with E-state index in [9.17, 15) is 4.79 Å². The van der Waals surface area contributed by atoms with E-state index < -0.39 is 0 Å². The summed E-state index contributed by atoms with van der Waals surface area (Å²) in [5.41, 5.74) is 5.74. The Balaban J connectivity index is 1.50. The zero-order valence-corrected chi connectivity index (χ0v) is 22.2. The molecule has 7 nitrogen and oxygen atoms in total. The first-order chi connectivity index (χ1) is 17.9. The number of carbonyl (C=O) groups excluding carboxylic acids is 1. The third kappa shape index (κ3) is 7.00. The summed E-state index contributed by atoms with van der Waals surface area (Å²) in [6.07, 6.45) is 5.80. The molecule has 0 bridgehead atoms. The van der Waals surface area contributed by atoms with E-state index in [0.29, 0.717) is 24.2 Å². The number of aryl methyl sites for hydroxylation is 3. The van der Waals surface area contributed by atoms with Crippen LogP contribution in [0.25, 0.3) is 11.5 Å². The predicted molar refractivity (Wildman–Crippen MR) is 143 cm³/mol. The summed E-state index contributed by atoms with van der Waals surface area (Å²) in [5.74, 6) is 1.92. The third-order valence-corrected chi connectivity index (χ3v) is 6.67. The van der Waals surface area contributed by atoms with Crippen LogP contribution < -0.4 is 4.74 Å². The molecule has 0 saturated heterocycles. The highest BCUT2D eigenvalue weighted by Crippen LogP contribution is 2.30. The summed E-state index contributed by atoms with van der Waals surface area (Å²) in [5, 5.41) is 4.64. The highest BCUT2D eigenvalue weighted by Gasteiger charge is 2.23. The Morgan fingerprint density at radius 3 is 2.51 bits per heavy atom. The van der Waals surface area contributed by atoms with Crippen LogP contribution in [-0.2, 0) is 21.0 Å². The molecule has 0 N–H and O–H groups in total. The lowest BCUT2D eigenvalue weighted by Gasteiger charge is -2.23. The Morgan fingerprint density at radius 2 is 1.81 bits per heavy atom. The van der Waals surface area contributed by atoms with Crippen molar-refractivity contribution in [3.05, 3.63) is 70.6 Å². The molecule has 0 atom stereocenters. The summed E-state index contributed by atoms with van der Waals surface area (Å²) < 4.78 is 16.5. The first-order valence-electron chi connectivity index (χ1n) is 13.1. The second-order valence-corrected chi connectivity index (χ2v) is 9.55. The van der Waals surface area contributed by atoms with Gasteiger partial charge in [-0.15, -0.1) is 0 Å². The largest absolute Gasteiger partial charge is 0.482 e. The minimum atomic E-state index is -0.377. The van der Waals surface area contributed by atoms with Gasteiger partial charge in [-0.3, -0.25) is 0 Å². The normalized spacial score (nSPS) is 14.4. The number of benzene rings is 2. The fraction of sp³-hybridized carbons (Fsp3) is 0.433. The van der Waals surface area contributed by atoms with E-state index in [1.54, 1.807) is 6.92 Å². The molecule has 37 heavy (non-hydrogen) atoms. The van der Waals surface area contributed by atoms with Gasteiger partial charge in [-0.25, -0.2) is 9.78 Å². The number of oxazole rings is 1. The fourth-order valence-corrected chi connectivity index (χ4v) is 4.59. The number of ether oxygens (including phenoxy) is 2. The van der Waals surface area contributed by atoms with Crippen LogP contribution in [-0.4, -0.2) is 29.9 Å². The number of nitrogens with zero attached hydrogens (tertiary/aromatic N) is 2. The number of carbonyl (C=O) groups is 1. The average Bonchev–Trinajstić information content (AvgIpc) is 3.27. The molecule has 0 unspecified atom stereocenters.